The zero-order chi connectivity index (χ0) is 34.8. The minimum atomic E-state index is -0.412. The van der Waals surface area contributed by atoms with Crippen LogP contribution in [0.5, 0.6) is 0 Å². The summed E-state index contributed by atoms with van der Waals surface area (Å²) >= 11 is 13.7. The second-order valence-electron chi connectivity index (χ2n) is 13.1. The molecule has 2 aromatic carbocycles. The lowest BCUT2D eigenvalue weighted by Crippen LogP contribution is -2.38. The summed E-state index contributed by atoms with van der Waals surface area (Å²) in [6.07, 6.45) is 5.34. The smallest absolute Gasteiger partial charge is 0.276 e. The first-order valence-corrected chi connectivity index (χ1v) is 17.6. The van der Waals surface area contributed by atoms with Crippen molar-refractivity contribution in [1.29, 1.82) is 0 Å². The van der Waals surface area contributed by atoms with E-state index in [0.29, 0.717) is 55.1 Å². The zero-order valence-electron chi connectivity index (χ0n) is 27.3. The number of nitrogens with zero attached hydrogens (tertiary/aromatic N) is 4. The van der Waals surface area contributed by atoms with E-state index in [1.54, 1.807) is 54.7 Å². The lowest BCUT2D eigenvalue weighted by atomic mass is 10.0. The Morgan fingerprint density at radius 2 is 1.64 bits per heavy atom. The van der Waals surface area contributed by atoms with Crippen molar-refractivity contribution in [1.82, 2.24) is 30.3 Å². The molecule has 3 amide bonds. The Kier molecular flexibility index (Phi) is 10.2. The van der Waals surface area contributed by atoms with Crippen LogP contribution >= 0.6 is 23.2 Å². The number of carbonyl (C=O) groups is 3. The largest absolute Gasteiger partial charge is 0.392 e. The number of amides is 3. The first kappa shape index (κ1) is 34.1. The van der Waals surface area contributed by atoms with Gasteiger partial charge in [0.25, 0.3) is 11.8 Å². The molecule has 0 saturated carbocycles. The van der Waals surface area contributed by atoms with E-state index in [9.17, 15) is 19.5 Å². The van der Waals surface area contributed by atoms with E-state index < -0.39 is 11.8 Å². The molecule has 3 aliphatic heterocycles. The molecule has 0 radical (unpaired) electrons. The van der Waals surface area contributed by atoms with Crippen LogP contribution in [0.1, 0.15) is 70.4 Å². The van der Waals surface area contributed by atoms with Crippen molar-refractivity contribution in [3.05, 3.63) is 93.5 Å². The number of nitrogens with one attached hydrogen (secondary N) is 4. The minimum absolute atomic E-state index is 0.0305. The number of aliphatic hydroxyl groups excluding tert-OH is 1. The number of halogens is 2. The standard InChI is InChI=1S/C36H38Cl2N8O4/c37-33-24(4-1-6-27(33)42-35(49)29-11-9-21(17-39-29)19-45-15-13-23(47)20-45)25-5-2-7-28(34(25)38)43-36(50)30-16-31-26(8-3-14-46(31)44-30)40-18-22-10-12-32(48)41-22/h1-2,4-7,9,11,16-17,22-23,26,40,47H,3,8,10,12-15,18-20H2,(H,41,48)(H,42,49)(H,43,50)/t22-,23+,26?/m0/s1. The number of likely N-dealkylation sites (tertiary alicyclic amines) is 1. The quantitative estimate of drug-likeness (QED) is 0.153. The van der Waals surface area contributed by atoms with Gasteiger partial charge in [0.2, 0.25) is 5.91 Å². The van der Waals surface area contributed by atoms with Crippen LogP contribution in [0.15, 0.2) is 60.8 Å². The van der Waals surface area contributed by atoms with Gasteiger partial charge in [-0.1, -0.05) is 53.5 Å². The van der Waals surface area contributed by atoms with Gasteiger partial charge in [-0.15, -0.1) is 0 Å². The van der Waals surface area contributed by atoms with E-state index in [1.165, 1.54) is 0 Å². The van der Waals surface area contributed by atoms with Gasteiger partial charge in [-0.05, 0) is 55.5 Å². The average molecular weight is 718 g/mol. The summed E-state index contributed by atoms with van der Waals surface area (Å²) in [7, 11) is 0. The predicted molar refractivity (Wildman–Crippen MR) is 191 cm³/mol. The van der Waals surface area contributed by atoms with E-state index in [1.807, 2.05) is 10.7 Å². The fraction of sp³-hybridized carbons (Fsp3) is 0.361. The maximum atomic E-state index is 13.4. The van der Waals surface area contributed by atoms with Crippen LogP contribution in [0.2, 0.25) is 10.0 Å². The first-order valence-electron chi connectivity index (χ1n) is 16.9. The summed E-state index contributed by atoms with van der Waals surface area (Å²) in [5.41, 5.74) is 4.35. The van der Waals surface area contributed by atoms with Crippen molar-refractivity contribution < 1.29 is 19.5 Å². The average Bonchev–Trinajstić information content (AvgIpc) is 3.86. The number of hydrogen-bond donors (Lipinski definition) is 5. The number of fused-ring (bicyclic) bond motifs is 1. The monoisotopic (exact) mass is 716 g/mol. The maximum Gasteiger partial charge on any atom is 0.276 e. The Labute approximate surface area is 299 Å². The van der Waals surface area contributed by atoms with Crippen molar-refractivity contribution in [3.8, 4) is 11.1 Å². The molecule has 2 fully saturated rings. The van der Waals surface area contributed by atoms with Gasteiger partial charge >= 0.3 is 0 Å². The summed E-state index contributed by atoms with van der Waals surface area (Å²) in [5.74, 6) is -0.721. The van der Waals surface area contributed by atoms with Crippen molar-refractivity contribution >= 4 is 52.3 Å². The van der Waals surface area contributed by atoms with Crippen LogP contribution in [0, 0.1) is 0 Å². The van der Waals surface area contributed by atoms with Crippen LogP contribution in [0.4, 0.5) is 11.4 Å². The van der Waals surface area contributed by atoms with Gasteiger partial charge in [-0.3, -0.25) is 28.9 Å². The number of β-amino-alcohol motifs (C(OH)–C–C–N with tert-alkyl or cyclic N) is 1. The number of hydrogen-bond acceptors (Lipinski definition) is 8. The SMILES string of the molecule is O=C1CC[C@@H](CNC2CCCn3nc(C(=O)Nc4cccc(-c5cccc(NC(=O)c6ccc(CN7CC[C@@H](O)C7)cn6)c5Cl)c4Cl)cc32)N1. The number of carbonyl (C=O) groups excluding carboxylic acids is 3. The second kappa shape index (κ2) is 14.9. The Balaban J connectivity index is 1.02. The van der Waals surface area contributed by atoms with Gasteiger partial charge < -0.3 is 26.4 Å². The van der Waals surface area contributed by atoms with Gasteiger partial charge in [-0.2, -0.15) is 5.10 Å². The van der Waals surface area contributed by atoms with Crippen molar-refractivity contribution in [2.75, 3.05) is 30.3 Å². The van der Waals surface area contributed by atoms with E-state index in [4.69, 9.17) is 23.2 Å². The fourth-order valence-corrected chi connectivity index (χ4v) is 7.38. The zero-order valence-corrected chi connectivity index (χ0v) is 28.8. The third-order valence-electron chi connectivity index (χ3n) is 9.45. The summed E-state index contributed by atoms with van der Waals surface area (Å²) in [6.45, 7) is 3.49. The molecular formula is C36H38Cl2N8O4. The molecule has 3 aliphatic rings. The van der Waals surface area contributed by atoms with Crippen molar-refractivity contribution in [3.63, 3.8) is 0 Å². The molecule has 3 atom stereocenters. The molecule has 14 heteroatoms. The highest BCUT2D eigenvalue weighted by Crippen LogP contribution is 2.40. The van der Waals surface area contributed by atoms with Crippen molar-refractivity contribution in [2.24, 2.45) is 0 Å². The lowest BCUT2D eigenvalue weighted by Gasteiger charge is -2.25. The fourth-order valence-electron chi connectivity index (χ4n) is 6.83. The topological polar surface area (TPSA) is 154 Å². The van der Waals surface area contributed by atoms with Crippen LogP contribution in [-0.2, 0) is 17.9 Å². The summed E-state index contributed by atoms with van der Waals surface area (Å²) in [6, 6.07) is 16.0. The Morgan fingerprint density at radius 3 is 2.26 bits per heavy atom. The van der Waals surface area contributed by atoms with E-state index >= 15 is 0 Å². The number of aliphatic hydroxyl groups is 1. The van der Waals surface area contributed by atoms with Crippen molar-refractivity contribution in [2.45, 2.75) is 63.4 Å². The second-order valence-corrected chi connectivity index (χ2v) is 13.8. The molecule has 1 unspecified atom stereocenters. The molecule has 5 N–H and O–H groups in total. The summed E-state index contributed by atoms with van der Waals surface area (Å²) in [4.78, 5) is 44.6. The summed E-state index contributed by atoms with van der Waals surface area (Å²) in [5, 5.41) is 27.2. The molecule has 2 aromatic heterocycles. The van der Waals surface area contributed by atoms with Gasteiger partial charge in [0.15, 0.2) is 5.69 Å². The highest BCUT2D eigenvalue weighted by molar-refractivity contribution is 6.40. The Hall–Kier alpha value is -4.33. The third kappa shape index (κ3) is 7.54. The highest BCUT2D eigenvalue weighted by Gasteiger charge is 2.28. The molecule has 0 spiro atoms. The van der Waals surface area contributed by atoms with Crippen LogP contribution in [0.25, 0.3) is 11.1 Å². The Bertz CT molecular complexity index is 1920. The molecule has 12 nitrogen and oxygen atoms in total. The van der Waals surface area contributed by atoms with Gasteiger partial charge in [0.05, 0.1) is 33.2 Å². The normalized spacial score (nSPS) is 20.4. The lowest BCUT2D eigenvalue weighted by molar-refractivity contribution is -0.119. The number of anilines is 2. The molecule has 260 valence electrons. The molecule has 50 heavy (non-hydrogen) atoms. The van der Waals surface area contributed by atoms with E-state index in [0.717, 1.165) is 43.5 Å². The summed E-state index contributed by atoms with van der Waals surface area (Å²) < 4.78 is 1.87. The molecule has 0 bridgehead atoms. The minimum Gasteiger partial charge on any atom is -0.392 e. The number of pyridine rings is 1. The van der Waals surface area contributed by atoms with Crippen LogP contribution < -0.4 is 21.3 Å². The molecular weight excluding hydrogens is 679 g/mol. The third-order valence-corrected chi connectivity index (χ3v) is 10.3. The molecule has 2 saturated heterocycles. The van der Waals surface area contributed by atoms with Gasteiger partial charge in [0.1, 0.15) is 5.69 Å². The highest BCUT2D eigenvalue weighted by atomic mass is 35.5. The molecule has 0 aliphatic carbocycles. The van der Waals surface area contributed by atoms with Crippen LogP contribution in [-0.4, -0.2) is 74.3 Å². The van der Waals surface area contributed by atoms with E-state index in [-0.39, 0.29) is 45.5 Å². The maximum absolute atomic E-state index is 13.4. The number of aryl methyl sites for hydroxylation is 1. The molecule has 7 rings (SSSR count). The number of aromatic nitrogens is 3. The predicted octanol–water partition coefficient (Wildman–Crippen LogP) is 5.03. The first-order chi connectivity index (χ1) is 24.2. The van der Waals surface area contributed by atoms with E-state index in [2.05, 4.69) is 36.2 Å². The molecule has 4 aromatic rings. The van der Waals surface area contributed by atoms with Gasteiger partial charge in [0, 0.05) is 68.6 Å². The van der Waals surface area contributed by atoms with Gasteiger partial charge in [-0.25, -0.2) is 0 Å². The molecule has 5 heterocycles. The number of benzene rings is 2. The Morgan fingerprint density at radius 1 is 0.920 bits per heavy atom. The van der Waals surface area contributed by atoms with Crippen LogP contribution in [0.3, 0.4) is 0 Å². The number of rotatable bonds is 10.